The smallest absolute Gasteiger partial charge is 0.125 e. The molecule has 0 aromatic heterocycles. The quantitative estimate of drug-likeness (QED) is 0.903. The van der Waals surface area contributed by atoms with Gasteiger partial charge in [0, 0.05) is 5.56 Å². The molecule has 1 N–H and O–H groups in total. The van der Waals surface area contributed by atoms with Crippen molar-refractivity contribution in [2.45, 2.75) is 26.6 Å². The Hall–Kier alpha value is -2.00. The Morgan fingerprint density at radius 1 is 1.10 bits per heavy atom. The van der Waals surface area contributed by atoms with Gasteiger partial charge in [-0.25, -0.2) is 0 Å². The second-order valence-corrected chi connectivity index (χ2v) is 4.85. The lowest BCUT2D eigenvalue weighted by molar-refractivity contribution is 0.190. The molecule has 0 radical (unpaired) electrons. The number of rotatable bonds is 5. The van der Waals surface area contributed by atoms with E-state index in [1.54, 1.807) is 14.0 Å². The van der Waals surface area contributed by atoms with E-state index in [1.165, 1.54) is 0 Å². The molecule has 2 aromatic carbocycles. The maximum atomic E-state index is 9.80. The Morgan fingerprint density at radius 2 is 1.80 bits per heavy atom. The second kappa shape index (κ2) is 6.44. The average molecular weight is 272 g/mol. The van der Waals surface area contributed by atoms with Crippen LogP contribution in [0.3, 0.4) is 0 Å². The van der Waals surface area contributed by atoms with Crippen molar-refractivity contribution in [1.82, 2.24) is 0 Å². The van der Waals surface area contributed by atoms with E-state index in [0.717, 1.165) is 28.2 Å². The van der Waals surface area contributed by atoms with E-state index < -0.39 is 6.10 Å². The van der Waals surface area contributed by atoms with E-state index >= 15 is 0 Å². The van der Waals surface area contributed by atoms with Crippen molar-refractivity contribution >= 4 is 0 Å². The molecule has 0 fully saturated rings. The number of ether oxygens (including phenoxy) is 2. The molecule has 0 aliphatic carbocycles. The molecular formula is C17H20O3. The number of benzene rings is 2. The van der Waals surface area contributed by atoms with Gasteiger partial charge in [0.15, 0.2) is 0 Å². The zero-order valence-corrected chi connectivity index (χ0v) is 12.1. The van der Waals surface area contributed by atoms with Gasteiger partial charge in [-0.05, 0) is 43.7 Å². The third-order valence-electron chi connectivity index (χ3n) is 3.17. The predicted molar refractivity (Wildman–Crippen MR) is 79.1 cm³/mol. The topological polar surface area (TPSA) is 38.7 Å². The van der Waals surface area contributed by atoms with Gasteiger partial charge in [0.2, 0.25) is 0 Å². The molecule has 1 unspecified atom stereocenters. The summed E-state index contributed by atoms with van der Waals surface area (Å²) in [6, 6.07) is 13.6. The minimum atomic E-state index is -0.541. The van der Waals surface area contributed by atoms with E-state index in [4.69, 9.17) is 9.47 Å². The van der Waals surface area contributed by atoms with Gasteiger partial charge in [0.1, 0.15) is 18.1 Å². The molecule has 0 saturated heterocycles. The normalized spacial score (nSPS) is 12.0. The fourth-order valence-corrected chi connectivity index (χ4v) is 2.01. The molecule has 2 rings (SSSR count). The number of hydrogen-bond acceptors (Lipinski definition) is 3. The predicted octanol–water partition coefficient (Wildman–Crippen LogP) is 3.64. The van der Waals surface area contributed by atoms with Gasteiger partial charge >= 0.3 is 0 Å². The molecule has 0 amide bonds. The lowest BCUT2D eigenvalue weighted by Crippen LogP contribution is -2.01. The lowest BCUT2D eigenvalue weighted by atomic mass is 10.1. The van der Waals surface area contributed by atoms with Gasteiger partial charge in [-0.1, -0.05) is 23.8 Å². The molecule has 2 aromatic rings. The Morgan fingerprint density at radius 3 is 2.40 bits per heavy atom. The molecule has 0 saturated carbocycles. The molecule has 0 spiro atoms. The van der Waals surface area contributed by atoms with Crippen LogP contribution in [0.5, 0.6) is 11.5 Å². The first-order valence-corrected chi connectivity index (χ1v) is 6.64. The highest BCUT2D eigenvalue weighted by molar-refractivity contribution is 5.38. The molecule has 3 heteroatoms. The first-order chi connectivity index (χ1) is 9.60. The summed E-state index contributed by atoms with van der Waals surface area (Å²) in [5.41, 5.74) is 2.99. The summed E-state index contributed by atoms with van der Waals surface area (Å²) in [6.45, 7) is 4.21. The van der Waals surface area contributed by atoms with Gasteiger partial charge in [-0.2, -0.15) is 0 Å². The standard InChI is InChI=1S/C17H20O3/c1-12-4-9-17(16(10-12)13(2)18)20-11-14-5-7-15(19-3)8-6-14/h4-10,13,18H,11H2,1-3H3. The molecule has 0 heterocycles. The Labute approximate surface area is 119 Å². The minimum absolute atomic E-state index is 0.465. The van der Waals surface area contributed by atoms with Crippen LogP contribution in [0.4, 0.5) is 0 Å². The van der Waals surface area contributed by atoms with Crippen LogP contribution in [0.2, 0.25) is 0 Å². The van der Waals surface area contributed by atoms with E-state index in [1.807, 2.05) is 49.4 Å². The molecule has 20 heavy (non-hydrogen) atoms. The lowest BCUT2D eigenvalue weighted by Gasteiger charge is -2.14. The first kappa shape index (κ1) is 14.4. The van der Waals surface area contributed by atoms with E-state index in [0.29, 0.717) is 6.61 Å². The van der Waals surface area contributed by atoms with E-state index in [9.17, 15) is 5.11 Å². The summed E-state index contributed by atoms with van der Waals surface area (Å²) in [7, 11) is 1.65. The maximum absolute atomic E-state index is 9.80. The molecule has 0 aliphatic rings. The Bertz CT molecular complexity index is 559. The van der Waals surface area contributed by atoms with Crippen LogP contribution in [0.1, 0.15) is 29.7 Å². The minimum Gasteiger partial charge on any atom is -0.497 e. The summed E-state index contributed by atoms with van der Waals surface area (Å²) in [5.74, 6) is 1.55. The maximum Gasteiger partial charge on any atom is 0.125 e. The monoisotopic (exact) mass is 272 g/mol. The SMILES string of the molecule is COc1ccc(COc2ccc(C)cc2C(C)O)cc1. The van der Waals surface area contributed by atoms with Crippen LogP contribution in [0.25, 0.3) is 0 Å². The fourth-order valence-electron chi connectivity index (χ4n) is 2.01. The average Bonchev–Trinajstić information content (AvgIpc) is 2.46. The zero-order chi connectivity index (χ0) is 14.5. The fraction of sp³-hybridized carbons (Fsp3) is 0.294. The molecular weight excluding hydrogens is 252 g/mol. The summed E-state index contributed by atoms with van der Waals surface area (Å²) < 4.78 is 10.9. The third-order valence-corrected chi connectivity index (χ3v) is 3.17. The number of aryl methyl sites for hydroxylation is 1. The summed E-state index contributed by atoms with van der Waals surface area (Å²) in [5, 5.41) is 9.80. The van der Waals surface area contributed by atoms with E-state index in [-0.39, 0.29) is 0 Å². The van der Waals surface area contributed by atoms with Crippen molar-refractivity contribution in [3.63, 3.8) is 0 Å². The van der Waals surface area contributed by atoms with Gasteiger partial charge in [0.25, 0.3) is 0 Å². The molecule has 106 valence electrons. The second-order valence-electron chi connectivity index (χ2n) is 4.85. The van der Waals surface area contributed by atoms with Gasteiger partial charge < -0.3 is 14.6 Å². The van der Waals surface area contributed by atoms with Crippen LogP contribution < -0.4 is 9.47 Å². The summed E-state index contributed by atoms with van der Waals surface area (Å²) in [6.07, 6.45) is -0.541. The highest BCUT2D eigenvalue weighted by Crippen LogP contribution is 2.27. The Kier molecular flexibility index (Phi) is 4.64. The molecule has 3 nitrogen and oxygen atoms in total. The number of aliphatic hydroxyl groups is 1. The van der Waals surface area contributed by atoms with Crippen molar-refractivity contribution in [1.29, 1.82) is 0 Å². The van der Waals surface area contributed by atoms with Gasteiger partial charge in [-0.3, -0.25) is 0 Å². The highest BCUT2D eigenvalue weighted by Gasteiger charge is 2.09. The van der Waals surface area contributed by atoms with E-state index in [2.05, 4.69) is 0 Å². The number of aliphatic hydroxyl groups excluding tert-OH is 1. The van der Waals surface area contributed by atoms with Crippen LogP contribution in [0.15, 0.2) is 42.5 Å². The first-order valence-electron chi connectivity index (χ1n) is 6.64. The Balaban J connectivity index is 2.10. The number of methoxy groups -OCH3 is 1. The van der Waals surface area contributed by atoms with Crippen LogP contribution >= 0.6 is 0 Å². The summed E-state index contributed by atoms with van der Waals surface area (Å²) >= 11 is 0. The van der Waals surface area contributed by atoms with Crippen molar-refractivity contribution in [3.8, 4) is 11.5 Å². The molecule has 0 aliphatic heterocycles. The van der Waals surface area contributed by atoms with Crippen LogP contribution in [-0.4, -0.2) is 12.2 Å². The van der Waals surface area contributed by atoms with Gasteiger partial charge in [0.05, 0.1) is 13.2 Å². The van der Waals surface area contributed by atoms with Crippen LogP contribution in [0, 0.1) is 6.92 Å². The largest absolute Gasteiger partial charge is 0.497 e. The molecule has 1 atom stereocenters. The highest BCUT2D eigenvalue weighted by atomic mass is 16.5. The van der Waals surface area contributed by atoms with Crippen molar-refractivity contribution in [2.24, 2.45) is 0 Å². The van der Waals surface area contributed by atoms with Gasteiger partial charge in [-0.15, -0.1) is 0 Å². The third kappa shape index (κ3) is 3.52. The van der Waals surface area contributed by atoms with Crippen molar-refractivity contribution in [2.75, 3.05) is 7.11 Å². The molecule has 0 bridgehead atoms. The van der Waals surface area contributed by atoms with Crippen LogP contribution in [-0.2, 0) is 6.61 Å². The summed E-state index contributed by atoms with van der Waals surface area (Å²) in [4.78, 5) is 0. The zero-order valence-electron chi connectivity index (χ0n) is 12.1. The van der Waals surface area contributed by atoms with Crippen molar-refractivity contribution in [3.05, 3.63) is 59.2 Å². The van der Waals surface area contributed by atoms with Crippen molar-refractivity contribution < 1.29 is 14.6 Å². The number of hydrogen-bond donors (Lipinski definition) is 1.